The largest absolute Gasteiger partial charge is 0.573 e. The lowest BCUT2D eigenvalue weighted by Gasteiger charge is -2.25. The Morgan fingerprint density at radius 3 is 2.63 bits per heavy atom. The predicted octanol–water partition coefficient (Wildman–Crippen LogP) is 2.77. The molecule has 27 heavy (non-hydrogen) atoms. The molecule has 0 N–H and O–H groups in total. The van der Waals surface area contributed by atoms with Gasteiger partial charge in [0.2, 0.25) is 5.89 Å². The number of likely N-dealkylation sites (tertiary alicyclic amines) is 1. The van der Waals surface area contributed by atoms with Gasteiger partial charge in [-0.2, -0.15) is 0 Å². The SMILES string of the molecule is O=C(c1coc(COc2ccc(OC(F)(F)F)cc2)n1)N1C[C@@H]2C[C@H]1CO2. The molecule has 0 unspecified atom stereocenters. The van der Waals surface area contributed by atoms with Gasteiger partial charge in [-0.25, -0.2) is 4.98 Å². The van der Waals surface area contributed by atoms with E-state index >= 15 is 0 Å². The Labute approximate surface area is 151 Å². The number of oxazole rings is 1. The van der Waals surface area contributed by atoms with Crippen LogP contribution < -0.4 is 9.47 Å². The number of ether oxygens (including phenoxy) is 3. The molecule has 2 atom stereocenters. The molecule has 0 radical (unpaired) electrons. The fourth-order valence-electron chi connectivity index (χ4n) is 3.15. The Morgan fingerprint density at radius 2 is 2.00 bits per heavy atom. The fraction of sp³-hybridized carbons (Fsp3) is 0.412. The minimum Gasteiger partial charge on any atom is -0.484 e. The van der Waals surface area contributed by atoms with Gasteiger partial charge < -0.3 is 23.5 Å². The second-order valence-electron chi connectivity index (χ2n) is 6.24. The minimum absolute atomic E-state index is 0.0675. The van der Waals surface area contributed by atoms with Crippen LogP contribution in [0.4, 0.5) is 13.2 Å². The minimum atomic E-state index is -4.75. The average Bonchev–Trinajstić information content (AvgIpc) is 3.36. The summed E-state index contributed by atoms with van der Waals surface area (Å²) in [6.07, 6.45) is -2.54. The van der Waals surface area contributed by atoms with Crippen LogP contribution in [0.1, 0.15) is 22.8 Å². The van der Waals surface area contributed by atoms with Crippen molar-refractivity contribution in [2.24, 2.45) is 0 Å². The van der Waals surface area contributed by atoms with Gasteiger partial charge in [0.1, 0.15) is 17.8 Å². The first kappa shape index (κ1) is 17.7. The third-order valence-electron chi connectivity index (χ3n) is 4.35. The molecule has 1 aromatic carbocycles. The molecule has 1 aromatic heterocycles. The van der Waals surface area contributed by atoms with Crippen LogP contribution in [-0.4, -0.2) is 47.5 Å². The number of hydrogen-bond acceptors (Lipinski definition) is 6. The third kappa shape index (κ3) is 4.00. The van der Waals surface area contributed by atoms with E-state index < -0.39 is 6.36 Å². The summed E-state index contributed by atoms with van der Waals surface area (Å²) in [6, 6.07) is 5.01. The molecule has 3 heterocycles. The van der Waals surface area contributed by atoms with Gasteiger partial charge in [-0.05, 0) is 30.7 Å². The number of aromatic nitrogens is 1. The molecule has 2 aromatic rings. The molecule has 0 saturated carbocycles. The van der Waals surface area contributed by atoms with Crippen molar-refractivity contribution >= 4 is 5.91 Å². The smallest absolute Gasteiger partial charge is 0.484 e. The molecule has 4 rings (SSSR count). The van der Waals surface area contributed by atoms with E-state index in [1.54, 1.807) is 4.90 Å². The van der Waals surface area contributed by atoms with E-state index in [2.05, 4.69) is 9.72 Å². The van der Waals surface area contributed by atoms with E-state index in [4.69, 9.17) is 13.9 Å². The van der Waals surface area contributed by atoms with Gasteiger partial charge in [0.05, 0.1) is 18.8 Å². The van der Waals surface area contributed by atoms with Crippen LogP contribution in [0.15, 0.2) is 34.9 Å². The van der Waals surface area contributed by atoms with Gasteiger partial charge in [-0.1, -0.05) is 0 Å². The van der Waals surface area contributed by atoms with Crippen molar-refractivity contribution in [3.05, 3.63) is 42.1 Å². The highest BCUT2D eigenvalue weighted by molar-refractivity contribution is 5.92. The number of carbonyl (C=O) groups is 1. The van der Waals surface area contributed by atoms with Gasteiger partial charge in [0.15, 0.2) is 12.3 Å². The lowest BCUT2D eigenvalue weighted by molar-refractivity contribution is -0.274. The Kier molecular flexibility index (Phi) is 4.42. The summed E-state index contributed by atoms with van der Waals surface area (Å²) in [5.41, 5.74) is 0.190. The molecule has 2 aliphatic heterocycles. The van der Waals surface area contributed by atoms with Gasteiger partial charge in [0, 0.05) is 6.54 Å². The van der Waals surface area contributed by atoms with E-state index in [0.717, 1.165) is 18.6 Å². The molecule has 2 saturated heterocycles. The number of nitrogens with zero attached hydrogens (tertiary/aromatic N) is 2. The molecule has 144 valence electrons. The number of benzene rings is 1. The first-order chi connectivity index (χ1) is 12.9. The number of rotatable bonds is 5. The average molecular weight is 384 g/mol. The first-order valence-electron chi connectivity index (χ1n) is 8.23. The Morgan fingerprint density at radius 1 is 1.26 bits per heavy atom. The van der Waals surface area contributed by atoms with E-state index in [0.29, 0.717) is 18.9 Å². The molecule has 7 nitrogen and oxygen atoms in total. The monoisotopic (exact) mass is 384 g/mol. The molecule has 0 aliphatic carbocycles. The van der Waals surface area contributed by atoms with Gasteiger partial charge in [0.25, 0.3) is 5.91 Å². The van der Waals surface area contributed by atoms with Crippen molar-refractivity contribution in [1.82, 2.24) is 9.88 Å². The third-order valence-corrected chi connectivity index (χ3v) is 4.35. The molecular formula is C17H15F3N2O5. The summed E-state index contributed by atoms with van der Waals surface area (Å²) >= 11 is 0. The van der Waals surface area contributed by atoms with Gasteiger partial charge in [-0.3, -0.25) is 4.79 Å². The second-order valence-corrected chi connectivity index (χ2v) is 6.24. The molecule has 0 spiro atoms. The number of fused-ring (bicyclic) bond motifs is 2. The van der Waals surface area contributed by atoms with Gasteiger partial charge >= 0.3 is 6.36 Å². The van der Waals surface area contributed by atoms with Crippen molar-refractivity contribution < 1.29 is 36.6 Å². The molecule has 2 aliphatic rings. The Hall–Kier alpha value is -2.75. The number of halogens is 3. The second kappa shape index (κ2) is 6.76. The molecular weight excluding hydrogens is 369 g/mol. The molecule has 1 amide bonds. The number of amides is 1. The number of hydrogen-bond donors (Lipinski definition) is 0. The highest BCUT2D eigenvalue weighted by Crippen LogP contribution is 2.29. The zero-order valence-electron chi connectivity index (χ0n) is 13.9. The van der Waals surface area contributed by atoms with E-state index in [1.165, 1.54) is 18.4 Å². The van der Waals surface area contributed by atoms with E-state index in [9.17, 15) is 18.0 Å². The van der Waals surface area contributed by atoms with Crippen LogP contribution in [0, 0.1) is 0 Å². The van der Waals surface area contributed by atoms with Crippen LogP contribution in [0.2, 0.25) is 0 Å². The Bertz CT molecular complexity index is 821. The highest BCUT2D eigenvalue weighted by Gasteiger charge is 2.42. The van der Waals surface area contributed by atoms with Crippen LogP contribution in [-0.2, 0) is 11.3 Å². The summed E-state index contributed by atoms with van der Waals surface area (Å²) in [5, 5.41) is 0. The number of carbonyl (C=O) groups excluding carboxylic acids is 1. The van der Waals surface area contributed by atoms with E-state index in [-0.39, 0.29) is 42.0 Å². The topological polar surface area (TPSA) is 74.0 Å². The zero-order valence-corrected chi connectivity index (χ0v) is 13.9. The van der Waals surface area contributed by atoms with Crippen molar-refractivity contribution in [2.45, 2.75) is 31.5 Å². The van der Waals surface area contributed by atoms with Crippen molar-refractivity contribution in [3.8, 4) is 11.5 Å². The maximum absolute atomic E-state index is 12.5. The van der Waals surface area contributed by atoms with Crippen LogP contribution in [0.3, 0.4) is 0 Å². The van der Waals surface area contributed by atoms with Crippen molar-refractivity contribution in [1.29, 1.82) is 0 Å². The number of alkyl halides is 3. The summed E-state index contributed by atoms with van der Waals surface area (Å²) < 4.78 is 56.3. The summed E-state index contributed by atoms with van der Waals surface area (Å²) in [7, 11) is 0. The van der Waals surface area contributed by atoms with Crippen molar-refractivity contribution in [3.63, 3.8) is 0 Å². The van der Waals surface area contributed by atoms with Crippen LogP contribution in [0.25, 0.3) is 0 Å². The highest BCUT2D eigenvalue weighted by atomic mass is 19.4. The summed E-state index contributed by atoms with van der Waals surface area (Å²) in [4.78, 5) is 18.3. The Balaban J connectivity index is 1.32. The summed E-state index contributed by atoms with van der Waals surface area (Å²) in [5.74, 6) is -0.0589. The number of morpholine rings is 1. The normalized spacial score (nSPS) is 21.5. The van der Waals surface area contributed by atoms with E-state index in [1.807, 2.05) is 0 Å². The molecule has 2 fully saturated rings. The standard InChI is InChI=1S/C17H15F3N2O5/c18-17(19,20)27-12-3-1-11(2-4-12)25-9-15-21-14(8-26-15)16(23)22-6-13-5-10(22)7-24-13/h1-4,8,10,13H,5-7,9H2/t10-,13-/m0/s1. The van der Waals surface area contributed by atoms with Crippen molar-refractivity contribution in [2.75, 3.05) is 13.2 Å². The molecule has 2 bridgehead atoms. The van der Waals surface area contributed by atoms with Crippen LogP contribution >= 0.6 is 0 Å². The van der Waals surface area contributed by atoms with Gasteiger partial charge in [-0.15, -0.1) is 13.2 Å². The lowest BCUT2D eigenvalue weighted by Crippen LogP contribution is -2.41. The maximum atomic E-state index is 12.5. The quantitative estimate of drug-likeness (QED) is 0.789. The predicted molar refractivity (Wildman–Crippen MR) is 83.1 cm³/mol. The first-order valence-corrected chi connectivity index (χ1v) is 8.23. The summed E-state index contributed by atoms with van der Waals surface area (Å²) in [6.45, 7) is 1.02. The lowest BCUT2D eigenvalue weighted by atomic mass is 10.2. The molecule has 10 heteroatoms. The van der Waals surface area contributed by atoms with Crippen LogP contribution in [0.5, 0.6) is 11.5 Å². The zero-order chi connectivity index (χ0) is 19.0. The maximum Gasteiger partial charge on any atom is 0.573 e. The fourth-order valence-corrected chi connectivity index (χ4v) is 3.15.